The molecule has 0 aliphatic carbocycles. The highest BCUT2D eigenvalue weighted by molar-refractivity contribution is 7.89. The van der Waals surface area contributed by atoms with E-state index in [1.807, 2.05) is 10.6 Å². The van der Waals surface area contributed by atoms with Gasteiger partial charge in [0.05, 0.1) is 0 Å². The highest BCUT2D eigenvalue weighted by Gasteiger charge is 2.18. The Morgan fingerprint density at radius 3 is 2.77 bits per heavy atom. The lowest BCUT2D eigenvalue weighted by atomic mass is 10.2. The minimum Gasteiger partial charge on any atom is -0.355 e. The van der Waals surface area contributed by atoms with Crippen molar-refractivity contribution in [1.82, 2.24) is 18.5 Å². The number of fused-ring (bicyclic) bond motifs is 1. The summed E-state index contributed by atoms with van der Waals surface area (Å²) < 4.78 is 58.9. The molecule has 0 fully saturated rings. The lowest BCUT2D eigenvalue weighted by Crippen LogP contribution is -2.25. The van der Waals surface area contributed by atoms with E-state index in [1.54, 1.807) is 6.20 Å². The number of halogens is 2. The molecule has 2 heterocycles. The largest absolute Gasteiger partial charge is 0.355 e. The second-order valence-electron chi connectivity index (χ2n) is 5.55. The molecule has 0 saturated heterocycles. The smallest absolute Gasteiger partial charge is 0.243 e. The number of hydrogen-bond donors (Lipinski definition) is 2. The first-order chi connectivity index (χ1) is 12.5. The van der Waals surface area contributed by atoms with Gasteiger partial charge in [-0.3, -0.25) is 4.40 Å². The summed E-state index contributed by atoms with van der Waals surface area (Å²) >= 11 is 1.30. The third-order valence-electron chi connectivity index (χ3n) is 3.66. The molecule has 0 bridgehead atoms. The van der Waals surface area contributed by atoms with Crippen LogP contribution in [0.2, 0.25) is 0 Å². The van der Waals surface area contributed by atoms with Crippen LogP contribution in [0.1, 0.15) is 19.3 Å². The van der Waals surface area contributed by atoms with Crippen LogP contribution in [0, 0.1) is 11.6 Å². The molecule has 140 valence electrons. The van der Waals surface area contributed by atoms with E-state index < -0.39 is 26.6 Å². The topological polar surface area (TPSA) is 88.4 Å². The Hall–Kier alpha value is -2.11. The molecule has 26 heavy (non-hydrogen) atoms. The molecule has 0 spiro atoms. The van der Waals surface area contributed by atoms with Crippen LogP contribution in [-0.4, -0.2) is 35.3 Å². The summed E-state index contributed by atoms with van der Waals surface area (Å²) in [6.45, 7) is 0.873. The van der Waals surface area contributed by atoms with Crippen molar-refractivity contribution in [3.8, 4) is 0 Å². The molecule has 3 aromatic rings. The molecule has 0 atom stereocenters. The molecule has 0 aliphatic rings. The van der Waals surface area contributed by atoms with E-state index in [9.17, 15) is 17.2 Å². The van der Waals surface area contributed by atoms with Crippen LogP contribution in [-0.2, 0) is 10.0 Å². The molecule has 2 N–H and O–H groups in total. The SMILES string of the molecule is O=S(=O)(NCCCCCNc1nsc2nccn12)c1ccc(F)cc1F. The standard InChI is InChI=1S/C15H17F2N5O2S2/c16-11-4-5-13(12(17)10-11)26(23,24)20-7-3-1-2-6-18-14-21-25-15-19-8-9-22(14)15/h4-5,8-10,20H,1-3,6-7H2,(H,18,21). The highest BCUT2D eigenvalue weighted by atomic mass is 32.2. The van der Waals surface area contributed by atoms with Gasteiger partial charge >= 0.3 is 0 Å². The van der Waals surface area contributed by atoms with Crippen LogP contribution in [0.25, 0.3) is 4.96 Å². The molecule has 0 saturated carbocycles. The quantitative estimate of drug-likeness (QED) is 0.538. The summed E-state index contributed by atoms with van der Waals surface area (Å²) in [5.41, 5.74) is 0. The molecule has 0 aliphatic heterocycles. The van der Waals surface area contributed by atoms with Gasteiger partial charge in [0, 0.05) is 43.1 Å². The first-order valence-electron chi connectivity index (χ1n) is 7.95. The van der Waals surface area contributed by atoms with Gasteiger partial charge in [0.2, 0.25) is 20.9 Å². The van der Waals surface area contributed by atoms with Crippen molar-refractivity contribution in [1.29, 1.82) is 0 Å². The predicted octanol–water partition coefficient (Wildman–Crippen LogP) is 2.63. The Morgan fingerprint density at radius 2 is 1.96 bits per heavy atom. The van der Waals surface area contributed by atoms with Gasteiger partial charge in [-0.1, -0.05) is 6.42 Å². The maximum atomic E-state index is 13.6. The average molecular weight is 401 g/mol. The lowest BCUT2D eigenvalue weighted by molar-refractivity contribution is 0.541. The van der Waals surface area contributed by atoms with Crippen molar-refractivity contribution in [3.05, 3.63) is 42.2 Å². The van der Waals surface area contributed by atoms with E-state index in [0.717, 1.165) is 35.9 Å². The molecule has 0 amide bonds. The molecule has 1 aromatic carbocycles. The second kappa shape index (κ2) is 8.06. The third-order valence-corrected chi connectivity index (χ3v) is 5.88. The van der Waals surface area contributed by atoms with Gasteiger partial charge in [-0.25, -0.2) is 26.9 Å². The zero-order valence-electron chi connectivity index (χ0n) is 13.7. The van der Waals surface area contributed by atoms with E-state index in [0.29, 0.717) is 19.0 Å². The molecule has 2 aromatic heterocycles. The summed E-state index contributed by atoms with van der Waals surface area (Å²) in [6.07, 6.45) is 5.72. The van der Waals surface area contributed by atoms with Crippen molar-refractivity contribution in [2.75, 3.05) is 18.4 Å². The van der Waals surface area contributed by atoms with Gasteiger partial charge < -0.3 is 5.32 Å². The van der Waals surface area contributed by atoms with Gasteiger partial charge in [0.25, 0.3) is 0 Å². The van der Waals surface area contributed by atoms with Crippen LogP contribution < -0.4 is 10.0 Å². The Labute approximate surface area is 153 Å². The number of imidazole rings is 1. The van der Waals surface area contributed by atoms with E-state index >= 15 is 0 Å². The molecule has 7 nitrogen and oxygen atoms in total. The van der Waals surface area contributed by atoms with Gasteiger partial charge in [-0.15, -0.1) is 0 Å². The van der Waals surface area contributed by atoms with Gasteiger partial charge in [0.15, 0.2) is 0 Å². The van der Waals surface area contributed by atoms with Crippen molar-refractivity contribution >= 4 is 32.5 Å². The molecule has 0 unspecified atom stereocenters. The maximum absolute atomic E-state index is 13.6. The van der Waals surface area contributed by atoms with Gasteiger partial charge in [-0.05, 0) is 25.0 Å². The fourth-order valence-electron chi connectivity index (χ4n) is 2.37. The number of rotatable bonds is 9. The second-order valence-corrected chi connectivity index (χ2v) is 8.01. The fourth-order valence-corrected chi connectivity index (χ4v) is 4.16. The normalized spacial score (nSPS) is 11.9. The number of hydrogen-bond acceptors (Lipinski definition) is 6. The number of anilines is 1. The third kappa shape index (κ3) is 4.34. The summed E-state index contributed by atoms with van der Waals surface area (Å²) in [6, 6.07) is 2.39. The van der Waals surface area contributed by atoms with E-state index in [1.165, 1.54) is 11.5 Å². The molecule has 3 rings (SSSR count). The van der Waals surface area contributed by atoms with Gasteiger partial charge in [-0.2, -0.15) is 4.37 Å². The molecular formula is C15H17F2N5O2S2. The van der Waals surface area contributed by atoms with Crippen LogP contribution in [0.5, 0.6) is 0 Å². The molecular weight excluding hydrogens is 384 g/mol. The summed E-state index contributed by atoms with van der Waals surface area (Å²) in [5.74, 6) is -1.19. The zero-order chi connectivity index (χ0) is 18.6. The number of unbranched alkanes of at least 4 members (excludes halogenated alkanes) is 2. The molecule has 11 heteroatoms. The van der Waals surface area contributed by atoms with Crippen LogP contribution in [0.15, 0.2) is 35.5 Å². The zero-order valence-corrected chi connectivity index (χ0v) is 15.3. The van der Waals surface area contributed by atoms with Crippen LogP contribution in [0.3, 0.4) is 0 Å². The first kappa shape index (κ1) is 18.7. The van der Waals surface area contributed by atoms with E-state index in [4.69, 9.17) is 0 Å². The Morgan fingerprint density at radius 1 is 1.15 bits per heavy atom. The van der Waals surface area contributed by atoms with Crippen molar-refractivity contribution in [2.24, 2.45) is 0 Å². The lowest BCUT2D eigenvalue weighted by Gasteiger charge is -2.08. The van der Waals surface area contributed by atoms with Crippen molar-refractivity contribution in [3.63, 3.8) is 0 Å². The number of sulfonamides is 1. The summed E-state index contributed by atoms with van der Waals surface area (Å²) in [4.78, 5) is 4.40. The Bertz CT molecular complexity index is 987. The average Bonchev–Trinajstić information content (AvgIpc) is 3.18. The molecule has 0 radical (unpaired) electrons. The summed E-state index contributed by atoms with van der Waals surface area (Å²) in [5, 5.41) is 3.20. The Kier molecular flexibility index (Phi) is 5.79. The van der Waals surface area contributed by atoms with Crippen molar-refractivity contribution in [2.45, 2.75) is 24.2 Å². The van der Waals surface area contributed by atoms with Crippen LogP contribution >= 0.6 is 11.5 Å². The van der Waals surface area contributed by atoms with E-state index in [2.05, 4.69) is 19.4 Å². The fraction of sp³-hybridized carbons (Fsp3) is 0.333. The first-order valence-corrected chi connectivity index (χ1v) is 10.2. The number of aromatic nitrogens is 3. The van der Waals surface area contributed by atoms with E-state index in [-0.39, 0.29) is 6.54 Å². The highest BCUT2D eigenvalue weighted by Crippen LogP contribution is 2.16. The van der Waals surface area contributed by atoms with Crippen molar-refractivity contribution < 1.29 is 17.2 Å². The maximum Gasteiger partial charge on any atom is 0.243 e. The number of nitrogens with one attached hydrogen (secondary N) is 2. The number of benzene rings is 1. The Balaban J connectivity index is 1.38. The minimum absolute atomic E-state index is 0.182. The minimum atomic E-state index is -3.98. The number of nitrogens with zero attached hydrogens (tertiary/aromatic N) is 3. The predicted molar refractivity (Wildman–Crippen MR) is 94.8 cm³/mol. The monoisotopic (exact) mass is 401 g/mol. The van der Waals surface area contributed by atoms with Gasteiger partial charge in [0.1, 0.15) is 16.5 Å². The summed E-state index contributed by atoms with van der Waals surface area (Å²) in [7, 11) is -3.98. The van der Waals surface area contributed by atoms with Crippen LogP contribution in [0.4, 0.5) is 14.7 Å².